The third kappa shape index (κ3) is 3.24. The van der Waals surface area contributed by atoms with Crippen molar-refractivity contribution in [3.8, 4) is 5.69 Å². The van der Waals surface area contributed by atoms with Crippen LogP contribution in [0.15, 0.2) is 36.7 Å². The van der Waals surface area contributed by atoms with Gasteiger partial charge in [-0.15, -0.1) is 0 Å². The third-order valence-electron chi connectivity index (χ3n) is 3.79. The fourth-order valence-corrected chi connectivity index (χ4v) is 2.75. The number of ketones is 1. The first-order chi connectivity index (χ1) is 11.5. The summed E-state index contributed by atoms with van der Waals surface area (Å²) in [6.07, 6.45) is 1.93. The molecule has 0 aliphatic heterocycles. The highest BCUT2D eigenvalue weighted by Crippen LogP contribution is 2.18. The second kappa shape index (κ2) is 6.49. The lowest BCUT2D eigenvalue weighted by molar-refractivity contribution is -0.117. The quantitative estimate of drug-likeness (QED) is 0.743. The highest BCUT2D eigenvalue weighted by atomic mass is 16.4. The maximum atomic E-state index is 12.6. The number of hydrogen-bond donors (Lipinski definition) is 3. The third-order valence-corrected chi connectivity index (χ3v) is 3.79. The van der Waals surface area contributed by atoms with Crippen LogP contribution in [0, 0.1) is 0 Å². The van der Waals surface area contributed by atoms with Crippen molar-refractivity contribution in [3.63, 3.8) is 0 Å². The van der Waals surface area contributed by atoms with Crippen LogP contribution in [0.25, 0.3) is 5.69 Å². The van der Waals surface area contributed by atoms with Crippen LogP contribution in [0.5, 0.6) is 0 Å². The summed E-state index contributed by atoms with van der Waals surface area (Å²) in [5.41, 5.74) is 0.828. The monoisotopic (exact) mass is 329 g/mol. The van der Waals surface area contributed by atoms with Crippen LogP contribution in [-0.4, -0.2) is 50.0 Å². The molecule has 9 nitrogen and oxygen atoms in total. The molecule has 1 saturated carbocycles. The van der Waals surface area contributed by atoms with Crippen LogP contribution >= 0.6 is 0 Å². The standard InChI is InChI=1S/C15H15N5O4/c21-9-7-11(12(8-9)19-15(23)24)18-14(22)10-3-1-2-4-13(10)20-16-5-6-17-20/h1-6,11-12,19H,7-8H2,(H,18,22)(H,23,24). The molecule has 3 rings (SSSR count). The summed E-state index contributed by atoms with van der Waals surface area (Å²) in [6.45, 7) is 0. The van der Waals surface area contributed by atoms with E-state index in [4.69, 9.17) is 5.11 Å². The minimum Gasteiger partial charge on any atom is -0.465 e. The first kappa shape index (κ1) is 15.7. The number of carboxylic acid groups (broad SMARTS) is 1. The molecule has 0 saturated heterocycles. The zero-order chi connectivity index (χ0) is 17.1. The van der Waals surface area contributed by atoms with Crippen molar-refractivity contribution in [2.75, 3.05) is 0 Å². The Balaban J connectivity index is 1.80. The Morgan fingerprint density at radius 3 is 2.38 bits per heavy atom. The molecule has 0 spiro atoms. The Hall–Kier alpha value is -3.23. The fraction of sp³-hybridized carbons (Fsp3) is 0.267. The van der Waals surface area contributed by atoms with E-state index in [1.165, 1.54) is 17.2 Å². The van der Waals surface area contributed by atoms with Gasteiger partial charge in [0.25, 0.3) is 5.91 Å². The summed E-state index contributed by atoms with van der Waals surface area (Å²) >= 11 is 0. The molecule has 1 heterocycles. The van der Waals surface area contributed by atoms with Crippen molar-refractivity contribution < 1.29 is 19.5 Å². The molecular weight excluding hydrogens is 314 g/mol. The molecule has 2 amide bonds. The van der Waals surface area contributed by atoms with E-state index in [0.717, 1.165) is 0 Å². The van der Waals surface area contributed by atoms with Gasteiger partial charge in [0.2, 0.25) is 0 Å². The number of amides is 2. The number of Topliss-reactive ketones (excluding diaryl/α,β-unsaturated/α-hetero) is 1. The van der Waals surface area contributed by atoms with Crippen molar-refractivity contribution in [2.24, 2.45) is 0 Å². The van der Waals surface area contributed by atoms with Crippen LogP contribution in [0.3, 0.4) is 0 Å². The van der Waals surface area contributed by atoms with Crippen molar-refractivity contribution in [2.45, 2.75) is 24.9 Å². The molecule has 1 aromatic carbocycles. The predicted octanol–water partition coefficient (Wildman–Crippen LogP) is 0.365. The lowest BCUT2D eigenvalue weighted by Crippen LogP contribution is -2.48. The summed E-state index contributed by atoms with van der Waals surface area (Å²) in [6, 6.07) is 5.55. The van der Waals surface area contributed by atoms with Crippen molar-refractivity contribution in [1.29, 1.82) is 0 Å². The van der Waals surface area contributed by atoms with Crippen LogP contribution < -0.4 is 10.6 Å². The fourth-order valence-electron chi connectivity index (χ4n) is 2.75. The zero-order valence-electron chi connectivity index (χ0n) is 12.5. The molecule has 9 heteroatoms. The molecule has 1 fully saturated rings. The van der Waals surface area contributed by atoms with E-state index in [9.17, 15) is 14.4 Å². The number of para-hydroxylation sites is 1. The van der Waals surface area contributed by atoms with Crippen LogP contribution in [0.4, 0.5) is 4.79 Å². The Morgan fingerprint density at radius 1 is 1.08 bits per heavy atom. The minimum atomic E-state index is -1.23. The van der Waals surface area contributed by atoms with Gasteiger partial charge in [0.05, 0.1) is 35.7 Å². The lowest BCUT2D eigenvalue weighted by atomic mass is 10.1. The van der Waals surface area contributed by atoms with Gasteiger partial charge in [-0.05, 0) is 12.1 Å². The van der Waals surface area contributed by atoms with E-state index in [0.29, 0.717) is 11.3 Å². The number of nitrogens with one attached hydrogen (secondary N) is 2. The SMILES string of the molecule is O=C1CC(NC(=O)O)C(NC(=O)c2ccccc2-n2nccn2)C1. The van der Waals surface area contributed by atoms with Gasteiger partial charge in [-0.25, -0.2) is 4.79 Å². The molecule has 0 bridgehead atoms. The van der Waals surface area contributed by atoms with Gasteiger partial charge in [0.1, 0.15) is 5.78 Å². The average Bonchev–Trinajstić information content (AvgIpc) is 3.17. The van der Waals surface area contributed by atoms with Gasteiger partial charge in [-0.1, -0.05) is 12.1 Å². The molecule has 24 heavy (non-hydrogen) atoms. The molecular formula is C15H15N5O4. The zero-order valence-corrected chi connectivity index (χ0v) is 12.5. The van der Waals surface area contributed by atoms with Crippen LogP contribution in [0.1, 0.15) is 23.2 Å². The van der Waals surface area contributed by atoms with E-state index >= 15 is 0 Å². The van der Waals surface area contributed by atoms with Crippen LogP contribution in [-0.2, 0) is 4.79 Å². The summed E-state index contributed by atoms with van der Waals surface area (Å²) < 4.78 is 0. The Kier molecular flexibility index (Phi) is 4.23. The maximum absolute atomic E-state index is 12.6. The number of carbonyl (C=O) groups excluding carboxylic acids is 2. The highest BCUT2D eigenvalue weighted by molar-refractivity contribution is 5.98. The topological polar surface area (TPSA) is 126 Å². The first-order valence-electron chi connectivity index (χ1n) is 7.32. The second-order valence-corrected chi connectivity index (χ2v) is 5.42. The van der Waals surface area contributed by atoms with Gasteiger partial charge in [-0.2, -0.15) is 15.0 Å². The summed E-state index contributed by atoms with van der Waals surface area (Å²) in [7, 11) is 0. The van der Waals surface area contributed by atoms with Gasteiger partial charge in [0, 0.05) is 12.8 Å². The average molecular weight is 329 g/mol. The van der Waals surface area contributed by atoms with E-state index in [1.54, 1.807) is 24.3 Å². The molecule has 2 aromatic rings. The normalized spacial score (nSPS) is 19.9. The largest absolute Gasteiger partial charge is 0.465 e. The first-order valence-corrected chi connectivity index (χ1v) is 7.32. The van der Waals surface area contributed by atoms with Gasteiger partial charge >= 0.3 is 6.09 Å². The molecule has 0 radical (unpaired) electrons. The van der Waals surface area contributed by atoms with Gasteiger partial charge in [-0.3, -0.25) is 9.59 Å². The molecule has 1 aromatic heterocycles. The van der Waals surface area contributed by atoms with E-state index in [1.807, 2.05) is 0 Å². The summed E-state index contributed by atoms with van der Waals surface area (Å²) in [4.78, 5) is 36.3. The Morgan fingerprint density at radius 2 is 1.71 bits per heavy atom. The molecule has 2 atom stereocenters. The number of benzene rings is 1. The molecule has 124 valence electrons. The Bertz CT molecular complexity index is 774. The summed E-state index contributed by atoms with van der Waals surface area (Å²) in [5.74, 6) is -0.513. The van der Waals surface area contributed by atoms with Crippen molar-refractivity contribution in [1.82, 2.24) is 25.6 Å². The number of nitrogens with zero attached hydrogens (tertiary/aromatic N) is 3. The summed E-state index contributed by atoms with van der Waals surface area (Å²) in [5, 5.41) is 21.9. The number of aromatic nitrogens is 3. The van der Waals surface area contributed by atoms with E-state index in [-0.39, 0.29) is 18.6 Å². The van der Waals surface area contributed by atoms with E-state index < -0.39 is 24.1 Å². The molecule has 3 N–H and O–H groups in total. The molecule has 1 aliphatic carbocycles. The second-order valence-electron chi connectivity index (χ2n) is 5.42. The van der Waals surface area contributed by atoms with Crippen LogP contribution in [0.2, 0.25) is 0 Å². The van der Waals surface area contributed by atoms with Gasteiger partial charge in [0.15, 0.2) is 0 Å². The van der Waals surface area contributed by atoms with E-state index in [2.05, 4.69) is 20.8 Å². The minimum absolute atomic E-state index is 0.0691. The Labute approximate surface area is 136 Å². The molecule has 2 unspecified atom stereocenters. The smallest absolute Gasteiger partial charge is 0.404 e. The molecule has 1 aliphatic rings. The number of carbonyl (C=O) groups is 3. The van der Waals surface area contributed by atoms with Crippen molar-refractivity contribution in [3.05, 3.63) is 42.2 Å². The predicted molar refractivity (Wildman–Crippen MR) is 81.8 cm³/mol. The van der Waals surface area contributed by atoms with Gasteiger partial charge < -0.3 is 15.7 Å². The van der Waals surface area contributed by atoms with Crippen molar-refractivity contribution >= 4 is 17.8 Å². The lowest BCUT2D eigenvalue weighted by Gasteiger charge is -2.20. The highest BCUT2D eigenvalue weighted by Gasteiger charge is 2.35. The maximum Gasteiger partial charge on any atom is 0.404 e. The number of hydrogen-bond acceptors (Lipinski definition) is 5. The number of rotatable bonds is 4.